The lowest BCUT2D eigenvalue weighted by molar-refractivity contribution is 0.128. The zero-order valence-corrected chi connectivity index (χ0v) is 16.1. The molecule has 0 aliphatic carbocycles. The summed E-state index contributed by atoms with van der Waals surface area (Å²) in [5.74, 6) is 0. The summed E-state index contributed by atoms with van der Waals surface area (Å²) >= 11 is 0. The van der Waals surface area contributed by atoms with Crippen molar-refractivity contribution in [3.8, 4) is 0 Å². The molecule has 0 atom stereocenters. The first-order valence-electron chi connectivity index (χ1n) is 8.21. The van der Waals surface area contributed by atoms with E-state index in [0.717, 1.165) is 11.1 Å². The predicted octanol–water partition coefficient (Wildman–Crippen LogP) is 4.74. The first kappa shape index (κ1) is 18.9. The van der Waals surface area contributed by atoms with Gasteiger partial charge in [-0.3, -0.25) is 0 Å². The topological polar surface area (TPSA) is 39.1 Å². The van der Waals surface area contributed by atoms with Crippen LogP contribution in [0.4, 0.5) is 14.5 Å². The smallest absolute Gasteiger partial charge is 0.256 e. The largest absolute Gasteiger partial charge is 0.415 e. The Balaban J connectivity index is 1.92. The van der Waals surface area contributed by atoms with Crippen LogP contribution in [-0.2, 0) is 11.0 Å². The molecule has 0 amide bonds. The van der Waals surface area contributed by atoms with Crippen LogP contribution < -0.4 is 5.32 Å². The number of halogens is 2. The lowest BCUT2D eigenvalue weighted by Crippen LogP contribution is -2.41. The molecule has 24 heavy (non-hydrogen) atoms. The molecule has 0 aromatic carbocycles. The normalized spacial score (nSPS) is 13.0. The number of hydrogen-bond donors (Lipinski definition) is 1. The van der Waals surface area contributed by atoms with Gasteiger partial charge in [-0.1, -0.05) is 20.8 Å². The van der Waals surface area contributed by atoms with Gasteiger partial charge >= 0.3 is 0 Å². The van der Waals surface area contributed by atoms with E-state index < -0.39 is 14.7 Å². The Morgan fingerprint density at radius 3 is 2.67 bits per heavy atom. The maximum atomic E-state index is 12.5. The van der Waals surface area contributed by atoms with Crippen molar-refractivity contribution in [2.24, 2.45) is 0 Å². The van der Waals surface area contributed by atoms with E-state index >= 15 is 0 Å². The molecule has 2 rings (SSSR count). The van der Waals surface area contributed by atoms with Crippen molar-refractivity contribution in [1.82, 2.24) is 9.55 Å². The zero-order chi connectivity index (χ0) is 18.0. The van der Waals surface area contributed by atoms with Crippen molar-refractivity contribution >= 4 is 25.0 Å². The molecule has 7 heteroatoms. The molecule has 0 bridgehead atoms. The number of anilines is 1. The fourth-order valence-corrected chi connectivity index (χ4v) is 3.23. The maximum Gasteiger partial charge on any atom is 0.256 e. The highest BCUT2D eigenvalue weighted by Crippen LogP contribution is 2.36. The van der Waals surface area contributed by atoms with Gasteiger partial charge < -0.3 is 14.3 Å². The SMILES string of the molecule is CC(C)(C)[Si](C)(C)OCCNc1cnc2c(ccn2CC(F)F)c1. The van der Waals surface area contributed by atoms with E-state index in [0.29, 0.717) is 18.8 Å². The lowest BCUT2D eigenvalue weighted by Gasteiger charge is -2.36. The van der Waals surface area contributed by atoms with Gasteiger partial charge in [0.15, 0.2) is 8.32 Å². The molecular weight excluding hydrogens is 328 g/mol. The molecule has 2 aromatic heterocycles. The molecule has 0 radical (unpaired) electrons. The summed E-state index contributed by atoms with van der Waals surface area (Å²) < 4.78 is 32.6. The summed E-state index contributed by atoms with van der Waals surface area (Å²) in [5, 5.41) is 4.34. The molecule has 0 aliphatic rings. The molecule has 0 saturated carbocycles. The van der Waals surface area contributed by atoms with Gasteiger partial charge in [0, 0.05) is 18.1 Å². The second kappa shape index (κ2) is 7.19. The van der Waals surface area contributed by atoms with Crippen LogP contribution in [0.15, 0.2) is 24.5 Å². The number of pyridine rings is 1. The Labute approximate surface area is 143 Å². The molecular formula is C17H27F2N3OSi. The summed E-state index contributed by atoms with van der Waals surface area (Å²) in [4.78, 5) is 4.30. The van der Waals surface area contributed by atoms with Crippen LogP contribution in [0.25, 0.3) is 11.0 Å². The Bertz CT molecular complexity index is 680. The van der Waals surface area contributed by atoms with Crippen LogP contribution in [0.3, 0.4) is 0 Å². The summed E-state index contributed by atoms with van der Waals surface area (Å²) in [6, 6.07) is 3.73. The van der Waals surface area contributed by atoms with Gasteiger partial charge in [0.1, 0.15) is 5.65 Å². The quantitative estimate of drug-likeness (QED) is 0.576. The highest BCUT2D eigenvalue weighted by Gasteiger charge is 2.36. The third kappa shape index (κ3) is 4.54. The maximum absolute atomic E-state index is 12.5. The van der Waals surface area contributed by atoms with Crippen molar-refractivity contribution < 1.29 is 13.2 Å². The third-order valence-electron chi connectivity index (χ3n) is 4.64. The summed E-state index contributed by atoms with van der Waals surface area (Å²) in [7, 11) is -1.73. The number of alkyl halides is 2. The molecule has 0 aliphatic heterocycles. The summed E-state index contributed by atoms with van der Waals surface area (Å²) in [6.07, 6.45) is 0.942. The number of fused-ring (bicyclic) bond motifs is 1. The zero-order valence-electron chi connectivity index (χ0n) is 15.1. The van der Waals surface area contributed by atoms with Crippen molar-refractivity contribution in [1.29, 1.82) is 0 Å². The minimum absolute atomic E-state index is 0.196. The number of nitrogens with one attached hydrogen (secondary N) is 1. The van der Waals surface area contributed by atoms with Crippen LogP contribution in [0.2, 0.25) is 18.1 Å². The summed E-state index contributed by atoms with van der Waals surface area (Å²) in [6.45, 7) is 12.1. The average Bonchev–Trinajstić information content (AvgIpc) is 2.84. The van der Waals surface area contributed by atoms with E-state index in [-0.39, 0.29) is 11.6 Å². The van der Waals surface area contributed by atoms with Crippen LogP contribution in [0.5, 0.6) is 0 Å². The van der Waals surface area contributed by atoms with Crippen LogP contribution >= 0.6 is 0 Å². The number of rotatable bonds is 7. The van der Waals surface area contributed by atoms with Crippen molar-refractivity contribution in [2.45, 2.75) is 51.9 Å². The Hall–Kier alpha value is -1.47. The highest BCUT2D eigenvalue weighted by atomic mass is 28.4. The Kier molecular flexibility index (Phi) is 5.65. The molecule has 2 aromatic rings. The standard InChI is InChI=1S/C17H27F2N3OSi/c1-17(2,3)24(4,5)23-9-7-20-14-10-13-6-8-22(12-15(18)19)16(13)21-11-14/h6,8,10-11,15,20H,7,9,12H2,1-5H3. The Morgan fingerprint density at radius 1 is 1.33 bits per heavy atom. The fraction of sp³-hybridized carbons (Fsp3) is 0.588. The number of aromatic nitrogens is 2. The van der Waals surface area contributed by atoms with Gasteiger partial charge in [-0.05, 0) is 30.3 Å². The second-order valence-electron chi connectivity index (χ2n) is 7.53. The molecule has 0 saturated heterocycles. The van der Waals surface area contributed by atoms with Crippen LogP contribution in [0.1, 0.15) is 20.8 Å². The van der Waals surface area contributed by atoms with Gasteiger partial charge in [0.2, 0.25) is 0 Å². The molecule has 4 nitrogen and oxygen atoms in total. The first-order valence-corrected chi connectivity index (χ1v) is 11.1. The van der Waals surface area contributed by atoms with E-state index in [1.807, 2.05) is 12.1 Å². The van der Waals surface area contributed by atoms with Crippen molar-refractivity contribution in [2.75, 3.05) is 18.5 Å². The van der Waals surface area contributed by atoms with E-state index in [1.165, 1.54) is 4.57 Å². The molecule has 1 N–H and O–H groups in total. The minimum atomic E-state index is -2.38. The van der Waals surface area contributed by atoms with E-state index in [9.17, 15) is 8.78 Å². The molecule has 2 heterocycles. The van der Waals surface area contributed by atoms with Crippen molar-refractivity contribution in [3.63, 3.8) is 0 Å². The predicted molar refractivity (Wildman–Crippen MR) is 97.4 cm³/mol. The van der Waals surface area contributed by atoms with Crippen LogP contribution in [-0.4, -0.2) is 37.4 Å². The van der Waals surface area contributed by atoms with E-state index in [4.69, 9.17) is 4.43 Å². The Morgan fingerprint density at radius 2 is 2.04 bits per heavy atom. The molecule has 0 fully saturated rings. The third-order valence-corrected chi connectivity index (χ3v) is 9.17. The van der Waals surface area contributed by atoms with Gasteiger partial charge in [0.05, 0.1) is 25.0 Å². The fourth-order valence-electron chi connectivity index (χ4n) is 2.19. The monoisotopic (exact) mass is 355 g/mol. The van der Waals surface area contributed by atoms with E-state index in [2.05, 4.69) is 44.2 Å². The second-order valence-corrected chi connectivity index (χ2v) is 12.3. The van der Waals surface area contributed by atoms with Gasteiger partial charge in [-0.25, -0.2) is 13.8 Å². The molecule has 134 valence electrons. The van der Waals surface area contributed by atoms with Crippen LogP contribution in [0, 0.1) is 0 Å². The average molecular weight is 356 g/mol. The first-order chi connectivity index (χ1) is 11.1. The minimum Gasteiger partial charge on any atom is -0.415 e. The van der Waals surface area contributed by atoms with Gasteiger partial charge in [0.25, 0.3) is 6.43 Å². The molecule has 0 spiro atoms. The number of hydrogen-bond acceptors (Lipinski definition) is 3. The number of nitrogens with zero attached hydrogens (tertiary/aromatic N) is 2. The lowest BCUT2D eigenvalue weighted by atomic mass is 10.2. The highest BCUT2D eigenvalue weighted by molar-refractivity contribution is 6.74. The molecule has 0 unspecified atom stereocenters. The van der Waals surface area contributed by atoms with Crippen molar-refractivity contribution in [3.05, 3.63) is 24.5 Å². The summed E-state index contributed by atoms with van der Waals surface area (Å²) in [5.41, 5.74) is 1.45. The van der Waals surface area contributed by atoms with Gasteiger partial charge in [-0.2, -0.15) is 0 Å². The van der Waals surface area contributed by atoms with E-state index in [1.54, 1.807) is 12.4 Å². The van der Waals surface area contributed by atoms with Gasteiger partial charge in [-0.15, -0.1) is 0 Å².